The van der Waals surface area contributed by atoms with Gasteiger partial charge in [-0.15, -0.1) is 0 Å². The molecule has 0 atom stereocenters. The first-order valence-electron chi connectivity index (χ1n) is 8.46. The number of aromatic amines is 1. The second kappa shape index (κ2) is 6.23. The summed E-state index contributed by atoms with van der Waals surface area (Å²) in [4.78, 5) is 6.15. The summed E-state index contributed by atoms with van der Waals surface area (Å²) in [5, 5.41) is 1.45. The van der Waals surface area contributed by atoms with Gasteiger partial charge in [0.15, 0.2) is 0 Å². The van der Waals surface area contributed by atoms with E-state index in [1.54, 1.807) is 5.56 Å². The van der Waals surface area contributed by atoms with Crippen molar-refractivity contribution in [1.29, 1.82) is 0 Å². The molecule has 2 heteroatoms. The van der Waals surface area contributed by atoms with Gasteiger partial charge in [-0.3, -0.25) is 0 Å². The van der Waals surface area contributed by atoms with Crippen LogP contribution in [0.25, 0.3) is 10.9 Å². The molecule has 0 spiro atoms. The minimum absolute atomic E-state index is 0.732. The van der Waals surface area contributed by atoms with E-state index in [-0.39, 0.29) is 0 Å². The molecule has 0 bridgehead atoms. The van der Waals surface area contributed by atoms with Crippen molar-refractivity contribution >= 4 is 10.9 Å². The molecule has 2 nitrogen and oxygen atoms in total. The van der Waals surface area contributed by atoms with Gasteiger partial charge in [0.1, 0.15) is 0 Å². The molecule has 1 aliphatic rings. The quantitative estimate of drug-likeness (QED) is 0.861. The van der Waals surface area contributed by atoms with Gasteiger partial charge in [0.05, 0.1) is 0 Å². The van der Waals surface area contributed by atoms with E-state index in [1.165, 1.54) is 55.1 Å². The fraction of sp³-hybridized carbons (Fsp3) is 0.579. The number of hydrogen-bond donors (Lipinski definition) is 1. The van der Waals surface area contributed by atoms with Crippen molar-refractivity contribution in [2.75, 3.05) is 14.1 Å². The Kier molecular flexibility index (Phi) is 4.34. The number of nitrogens with zero attached hydrogens (tertiary/aromatic N) is 1. The SMILES string of the molecule is CCCc1c(C2CCC(N(C)C)CC2)[nH]c2ccccc12. The monoisotopic (exact) mass is 284 g/mol. The molecular formula is C19H28N2. The van der Waals surface area contributed by atoms with Crippen LogP contribution in [0.3, 0.4) is 0 Å². The van der Waals surface area contributed by atoms with Gasteiger partial charge >= 0.3 is 0 Å². The van der Waals surface area contributed by atoms with E-state index >= 15 is 0 Å². The molecular weight excluding hydrogens is 256 g/mol. The number of H-pyrrole nitrogens is 1. The zero-order valence-electron chi connectivity index (χ0n) is 13.7. The number of rotatable bonds is 4. The van der Waals surface area contributed by atoms with Crippen LogP contribution in [-0.4, -0.2) is 30.0 Å². The molecule has 1 aliphatic carbocycles. The van der Waals surface area contributed by atoms with Crippen LogP contribution < -0.4 is 0 Å². The molecule has 1 saturated carbocycles. The standard InChI is InChI=1S/C19H28N2/c1-4-7-17-16-8-5-6-9-18(16)20-19(17)14-10-12-15(13-11-14)21(2)3/h5-6,8-9,14-15,20H,4,7,10-13H2,1-3H3. The molecule has 21 heavy (non-hydrogen) atoms. The Balaban J connectivity index is 1.88. The summed E-state index contributed by atoms with van der Waals surface area (Å²) in [7, 11) is 4.44. The molecule has 0 unspecified atom stereocenters. The van der Waals surface area contributed by atoms with Gasteiger partial charge in [-0.1, -0.05) is 31.5 Å². The Morgan fingerprint density at radius 1 is 1.10 bits per heavy atom. The van der Waals surface area contributed by atoms with Gasteiger partial charge in [-0.05, 0) is 63.7 Å². The van der Waals surface area contributed by atoms with Gasteiger partial charge in [-0.2, -0.15) is 0 Å². The van der Waals surface area contributed by atoms with Crippen molar-refractivity contribution in [2.45, 2.75) is 57.4 Å². The lowest BCUT2D eigenvalue weighted by Crippen LogP contribution is -2.31. The molecule has 0 amide bonds. The van der Waals surface area contributed by atoms with E-state index in [0.29, 0.717) is 0 Å². The first kappa shape index (κ1) is 14.6. The molecule has 0 saturated heterocycles. The highest BCUT2D eigenvalue weighted by atomic mass is 15.1. The minimum atomic E-state index is 0.732. The number of aromatic nitrogens is 1. The third kappa shape index (κ3) is 2.87. The number of hydrogen-bond acceptors (Lipinski definition) is 1. The van der Waals surface area contributed by atoms with Gasteiger partial charge in [0, 0.05) is 22.6 Å². The summed E-state index contributed by atoms with van der Waals surface area (Å²) in [5.41, 5.74) is 4.45. The summed E-state index contributed by atoms with van der Waals surface area (Å²) >= 11 is 0. The zero-order chi connectivity index (χ0) is 14.8. The first-order valence-corrected chi connectivity index (χ1v) is 8.46. The van der Waals surface area contributed by atoms with Gasteiger partial charge < -0.3 is 9.88 Å². The van der Waals surface area contributed by atoms with E-state index < -0.39 is 0 Å². The molecule has 1 aromatic carbocycles. The molecule has 1 heterocycles. The van der Waals surface area contributed by atoms with E-state index in [1.807, 2.05) is 0 Å². The van der Waals surface area contributed by atoms with Crippen LogP contribution in [0.5, 0.6) is 0 Å². The molecule has 0 radical (unpaired) electrons. The Hall–Kier alpha value is -1.28. The maximum absolute atomic E-state index is 3.75. The van der Waals surface area contributed by atoms with E-state index in [2.05, 4.69) is 55.2 Å². The Labute approximate surface area is 128 Å². The van der Waals surface area contributed by atoms with E-state index in [4.69, 9.17) is 0 Å². The van der Waals surface area contributed by atoms with E-state index in [0.717, 1.165) is 12.0 Å². The molecule has 1 aromatic heterocycles. The fourth-order valence-electron chi connectivity index (χ4n) is 3.97. The van der Waals surface area contributed by atoms with Crippen LogP contribution in [-0.2, 0) is 6.42 Å². The van der Waals surface area contributed by atoms with Crippen molar-refractivity contribution in [3.63, 3.8) is 0 Å². The molecule has 2 aromatic rings. The lowest BCUT2D eigenvalue weighted by atomic mass is 9.82. The van der Waals surface area contributed by atoms with Crippen molar-refractivity contribution in [3.05, 3.63) is 35.5 Å². The highest BCUT2D eigenvalue weighted by Crippen LogP contribution is 2.38. The van der Waals surface area contributed by atoms with Crippen molar-refractivity contribution in [1.82, 2.24) is 9.88 Å². The minimum Gasteiger partial charge on any atom is -0.358 e. The highest BCUT2D eigenvalue weighted by Gasteiger charge is 2.26. The lowest BCUT2D eigenvalue weighted by Gasteiger charge is -2.32. The summed E-state index contributed by atoms with van der Waals surface area (Å²) in [6, 6.07) is 9.60. The summed E-state index contributed by atoms with van der Waals surface area (Å²) in [5.74, 6) is 0.732. The maximum Gasteiger partial charge on any atom is 0.0459 e. The predicted octanol–water partition coefficient (Wildman–Crippen LogP) is 4.71. The van der Waals surface area contributed by atoms with Crippen LogP contribution >= 0.6 is 0 Å². The summed E-state index contributed by atoms with van der Waals surface area (Å²) < 4.78 is 0. The maximum atomic E-state index is 3.75. The molecule has 1 N–H and O–H groups in total. The third-order valence-electron chi connectivity index (χ3n) is 5.18. The Bertz CT molecular complexity index is 589. The second-order valence-corrected chi connectivity index (χ2v) is 6.78. The van der Waals surface area contributed by atoms with Crippen molar-refractivity contribution in [3.8, 4) is 0 Å². The second-order valence-electron chi connectivity index (χ2n) is 6.78. The lowest BCUT2D eigenvalue weighted by molar-refractivity contribution is 0.215. The normalized spacial score (nSPS) is 23.0. The van der Waals surface area contributed by atoms with Crippen LogP contribution in [0.1, 0.15) is 56.2 Å². The molecule has 0 aliphatic heterocycles. The first-order chi connectivity index (χ1) is 10.2. The van der Waals surface area contributed by atoms with Crippen LogP contribution in [0.15, 0.2) is 24.3 Å². The van der Waals surface area contributed by atoms with Gasteiger partial charge in [0.25, 0.3) is 0 Å². The average molecular weight is 284 g/mol. The molecule has 3 rings (SSSR count). The smallest absolute Gasteiger partial charge is 0.0459 e. The highest BCUT2D eigenvalue weighted by molar-refractivity contribution is 5.84. The van der Waals surface area contributed by atoms with Crippen LogP contribution in [0.4, 0.5) is 0 Å². The number of fused-ring (bicyclic) bond motifs is 1. The fourth-order valence-corrected chi connectivity index (χ4v) is 3.97. The summed E-state index contributed by atoms with van der Waals surface area (Å²) in [6.45, 7) is 2.29. The van der Waals surface area contributed by atoms with E-state index in [9.17, 15) is 0 Å². The number of para-hydroxylation sites is 1. The molecule has 114 valence electrons. The third-order valence-corrected chi connectivity index (χ3v) is 5.18. The van der Waals surface area contributed by atoms with Crippen molar-refractivity contribution in [2.24, 2.45) is 0 Å². The largest absolute Gasteiger partial charge is 0.358 e. The Morgan fingerprint density at radius 2 is 1.81 bits per heavy atom. The van der Waals surface area contributed by atoms with Gasteiger partial charge in [-0.25, -0.2) is 0 Å². The average Bonchev–Trinajstić information content (AvgIpc) is 2.87. The van der Waals surface area contributed by atoms with Crippen LogP contribution in [0.2, 0.25) is 0 Å². The summed E-state index contributed by atoms with van der Waals surface area (Å²) in [6.07, 6.45) is 7.74. The Morgan fingerprint density at radius 3 is 2.48 bits per heavy atom. The van der Waals surface area contributed by atoms with Crippen molar-refractivity contribution < 1.29 is 0 Å². The number of nitrogens with one attached hydrogen (secondary N) is 1. The number of benzene rings is 1. The van der Waals surface area contributed by atoms with Gasteiger partial charge in [0.2, 0.25) is 0 Å². The number of aryl methyl sites for hydroxylation is 1. The molecule has 1 fully saturated rings. The topological polar surface area (TPSA) is 19.0 Å². The van der Waals surface area contributed by atoms with Crippen LogP contribution in [0, 0.1) is 0 Å². The zero-order valence-corrected chi connectivity index (χ0v) is 13.7. The predicted molar refractivity (Wildman–Crippen MR) is 91.0 cm³/mol.